The van der Waals surface area contributed by atoms with Gasteiger partial charge in [0.25, 0.3) is 5.91 Å². The molecule has 0 bridgehead atoms. The van der Waals surface area contributed by atoms with E-state index in [4.69, 9.17) is 29.8 Å². The van der Waals surface area contributed by atoms with Gasteiger partial charge in [0.15, 0.2) is 5.69 Å². The van der Waals surface area contributed by atoms with Crippen LogP contribution in [-0.2, 0) is 26.0 Å². The molecule has 2 amide bonds. The maximum Gasteiger partial charge on any atom is 0.326 e. The van der Waals surface area contributed by atoms with Gasteiger partial charge in [-0.05, 0) is 62.2 Å². The highest BCUT2D eigenvalue weighted by Crippen LogP contribution is 2.32. The molecule has 2 aromatic carbocycles. The molecule has 2 saturated heterocycles. The second kappa shape index (κ2) is 14.8. The number of sulfonamides is 1. The van der Waals surface area contributed by atoms with Gasteiger partial charge in [-0.3, -0.25) is 19.5 Å². The number of rotatable bonds is 10. The third-order valence-corrected chi connectivity index (χ3v) is 10.8. The number of hydrogen-bond acceptors (Lipinski definition) is 7. The number of hydrogen-bond donors (Lipinski definition) is 3. The van der Waals surface area contributed by atoms with Crippen LogP contribution in [-0.4, -0.2) is 83.3 Å². The van der Waals surface area contributed by atoms with Crippen molar-refractivity contribution in [3.05, 3.63) is 93.5 Å². The van der Waals surface area contributed by atoms with E-state index >= 15 is 0 Å². The molecule has 3 atom stereocenters. The monoisotopic (exact) mass is 698 g/mol. The van der Waals surface area contributed by atoms with Gasteiger partial charge in [0, 0.05) is 37.1 Å². The molecule has 3 heterocycles. The second-order valence-electron chi connectivity index (χ2n) is 11.4. The Morgan fingerprint density at radius 2 is 1.72 bits per heavy atom. The first-order chi connectivity index (χ1) is 22.5. The van der Waals surface area contributed by atoms with Gasteiger partial charge < -0.3 is 15.7 Å². The third-order valence-electron chi connectivity index (χ3n) is 8.34. The molecule has 2 aliphatic rings. The van der Waals surface area contributed by atoms with Crippen LogP contribution in [0.15, 0.2) is 65.8 Å². The Balaban J connectivity index is 1.32. The molecule has 3 N–H and O–H groups in total. The van der Waals surface area contributed by atoms with Crippen LogP contribution in [0.5, 0.6) is 0 Å². The topological polar surface area (TPSA) is 153 Å². The molecule has 12 nitrogen and oxygen atoms in total. The summed E-state index contributed by atoms with van der Waals surface area (Å²) in [7, 11) is -4.19. The Bertz CT molecular complexity index is 1790. The van der Waals surface area contributed by atoms with E-state index in [1.165, 1.54) is 36.7 Å². The zero-order chi connectivity index (χ0) is 33.7. The van der Waals surface area contributed by atoms with Crippen LogP contribution in [0, 0.1) is 6.57 Å². The summed E-state index contributed by atoms with van der Waals surface area (Å²) < 4.78 is 28.8. The highest BCUT2D eigenvalue weighted by atomic mass is 35.5. The standard InChI is InChI=1S/C32H32Cl2N6O6S/c1-35-22-6-5-7-24(15-22)47(45,46)40-19-23(39-12-3-2-4-13-39)16-28(40)30(41)38-27(32(43)44)14-20-8-10-21(11-9-20)37-31(42)29-25(33)17-36-18-26(29)34/h5-11,15,17-18,23,27-28H,2-4,12-14,16,19H2,(H,37,42)(H,38,41)(H,43,44)/t23-,27+,28+/m1/s1. The van der Waals surface area contributed by atoms with Gasteiger partial charge >= 0.3 is 5.97 Å². The van der Waals surface area contributed by atoms with Crippen LogP contribution in [0.3, 0.4) is 0 Å². The van der Waals surface area contributed by atoms with Crippen molar-refractivity contribution in [1.82, 2.24) is 19.5 Å². The fourth-order valence-electron chi connectivity index (χ4n) is 5.93. The summed E-state index contributed by atoms with van der Waals surface area (Å²) in [6.07, 6.45) is 5.74. The number of carboxylic acids is 1. The predicted octanol–water partition coefficient (Wildman–Crippen LogP) is 4.62. The summed E-state index contributed by atoms with van der Waals surface area (Å²) in [4.78, 5) is 48.0. The molecule has 2 aliphatic heterocycles. The lowest BCUT2D eigenvalue weighted by atomic mass is 10.0. The minimum absolute atomic E-state index is 0.0608. The van der Waals surface area contributed by atoms with Crippen molar-refractivity contribution in [3.8, 4) is 0 Å². The number of halogens is 2. The lowest BCUT2D eigenvalue weighted by Gasteiger charge is -2.32. The molecule has 2 fully saturated rings. The molecule has 5 rings (SSSR count). The third kappa shape index (κ3) is 7.91. The molecule has 0 aliphatic carbocycles. The van der Waals surface area contributed by atoms with Crippen LogP contribution in [0.4, 0.5) is 11.4 Å². The van der Waals surface area contributed by atoms with Crippen LogP contribution in [0.1, 0.15) is 41.6 Å². The molecule has 0 saturated carbocycles. The van der Waals surface area contributed by atoms with Gasteiger partial charge in [0.1, 0.15) is 12.1 Å². The van der Waals surface area contributed by atoms with E-state index in [1.807, 2.05) is 0 Å². The number of carboxylic acid groups (broad SMARTS) is 1. The fourth-order valence-corrected chi connectivity index (χ4v) is 8.15. The smallest absolute Gasteiger partial charge is 0.326 e. The van der Waals surface area contributed by atoms with Gasteiger partial charge in [-0.1, -0.05) is 53.9 Å². The van der Waals surface area contributed by atoms with E-state index in [2.05, 4.69) is 25.4 Å². The number of aliphatic carboxylic acids is 1. The predicted molar refractivity (Wildman–Crippen MR) is 176 cm³/mol. The number of piperidine rings is 1. The summed E-state index contributed by atoms with van der Waals surface area (Å²) in [6, 6.07) is 9.29. The Morgan fingerprint density at radius 3 is 2.36 bits per heavy atom. The summed E-state index contributed by atoms with van der Waals surface area (Å²) in [5, 5.41) is 15.4. The number of nitrogens with zero attached hydrogens (tertiary/aromatic N) is 4. The number of amides is 2. The Kier molecular flexibility index (Phi) is 10.8. The summed E-state index contributed by atoms with van der Waals surface area (Å²) >= 11 is 12.1. The van der Waals surface area contributed by atoms with Crippen LogP contribution in [0.2, 0.25) is 10.0 Å². The summed E-state index contributed by atoms with van der Waals surface area (Å²) in [5.41, 5.74) is 1.16. The van der Waals surface area contributed by atoms with Gasteiger partial charge in [-0.15, -0.1) is 0 Å². The van der Waals surface area contributed by atoms with Crippen LogP contribution >= 0.6 is 23.2 Å². The van der Waals surface area contributed by atoms with Crippen LogP contribution < -0.4 is 10.6 Å². The normalized spacial score (nSPS) is 19.4. The minimum Gasteiger partial charge on any atom is -0.480 e. The van der Waals surface area contributed by atoms with E-state index in [9.17, 15) is 27.9 Å². The Morgan fingerprint density at radius 1 is 1.04 bits per heavy atom. The highest BCUT2D eigenvalue weighted by molar-refractivity contribution is 7.89. The molecule has 0 unspecified atom stereocenters. The zero-order valence-electron chi connectivity index (χ0n) is 25.1. The van der Waals surface area contributed by atoms with E-state index in [0.29, 0.717) is 11.3 Å². The first-order valence-electron chi connectivity index (χ1n) is 14.9. The number of pyridine rings is 1. The van der Waals surface area contributed by atoms with Gasteiger partial charge in [-0.25, -0.2) is 18.1 Å². The summed E-state index contributed by atoms with van der Waals surface area (Å²) in [6.45, 7) is 8.94. The average molecular weight is 700 g/mol. The molecule has 0 radical (unpaired) electrons. The average Bonchev–Trinajstić information content (AvgIpc) is 3.52. The van der Waals surface area contributed by atoms with E-state index in [-0.39, 0.29) is 51.6 Å². The van der Waals surface area contributed by atoms with Crippen LogP contribution in [0.25, 0.3) is 4.85 Å². The lowest BCUT2D eigenvalue weighted by molar-refractivity contribution is -0.142. The van der Waals surface area contributed by atoms with E-state index < -0.39 is 39.9 Å². The molecule has 3 aromatic rings. The SMILES string of the molecule is [C-]#[N+]c1cccc(S(=O)(=O)N2C[C@H](N3CCCCC3)C[C@H]2C(=O)N[C@@H](Cc2ccc(NC(=O)c3c(Cl)cncc3Cl)cc2)C(=O)O)c1. The molecule has 15 heteroatoms. The van der Waals surface area contributed by atoms with Crippen molar-refractivity contribution in [2.75, 3.05) is 25.0 Å². The lowest BCUT2D eigenvalue weighted by Crippen LogP contribution is -2.51. The number of likely N-dealkylation sites (tertiary alicyclic amines) is 1. The molecular weight excluding hydrogens is 667 g/mol. The van der Waals surface area contributed by atoms with Gasteiger partial charge in [0.05, 0.1) is 27.1 Å². The maximum atomic E-state index is 13.9. The number of carbonyl (C=O) groups excluding carboxylic acids is 2. The number of carbonyl (C=O) groups is 3. The van der Waals surface area contributed by atoms with E-state index in [0.717, 1.165) is 36.7 Å². The number of benzene rings is 2. The van der Waals surface area contributed by atoms with E-state index in [1.54, 1.807) is 24.3 Å². The molecule has 0 spiro atoms. The van der Waals surface area contributed by atoms with Crippen molar-refractivity contribution in [2.24, 2.45) is 0 Å². The van der Waals surface area contributed by atoms with Crippen molar-refractivity contribution < 1.29 is 27.9 Å². The first-order valence-corrected chi connectivity index (χ1v) is 17.1. The minimum atomic E-state index is -4.19. The number of anilines is 1. The van der Waals surface area contributed by atoms with Crippen molar-refractivity contribution in [1.29, 1.82) is 0 Å². The van der Waals surface area contributed by atoms with Crippen molar-refractivity contribution >= 4 is 62.4 Å². The fraction of sp³-hybridized carbons (Fsp3) is 0.344. The highest BCUT2D eigenvalue weighted by Gasteiger charge is 2.46. The van der Waals surface area contributed by atoms with Crippen molar-refractivity contribution in [2.45, 2.75) is 55.1 Å². The molecule has 47 heavy (non-hydrogen) atoms. The van der Waals surface area contributed by atoms with Gasteiger partial charge in [-0.2, -0.15) is 4.31 Å². The molecule has 246 valence electrons. The zero-order valence-corrected chi connectivity index (χ0v) is 27.4. The molecule has 1 aromatic heterocycles. The number of aromatic nitrogens is 1. The second-order valence-corrected chi connectivity index (χ2v) is 14.1. The number of nitrogens with one attached hydrogen (secondary N) is 2. The van der Waals surface area contributed by atoms with Crippen molar-refractivity contribution in [3.63, 3.8) is 0 Å². The van der Waals surface area contributed by atoms with Gasteiger partial charge in [0.2, 0.25) is 15.9 Å². The largest absolute Gasteiger partial charge is 0.480 e. The Hall–Kier alpha value is -4.06. The molecular formula is C32H32Cl2N6O6S. The quantitative estimate of drug-likeness (QED) is 0.259. The Labute approximate surface area is 282 Å². The maximum absolute atomic E-state index is 13.9. The first kappa shape index (κ1) is 34.3. The summed E-state index contributed by atoms with van der Waals surface area (Å²) in [5.74, 6) is -2.55.